The molecule has 0 fully saturated rings. The minimum Gasteiger partial charge on any atom is -0.494 e. The highest BCUT2D eigenvalue weighted by Gasteiger charge is 2.14. The number of hydrogen-bond acceptors (Lipinski definition) is 4. The number of rotatable bonds is 4. The van der Waals surface area contributed by atoms with Gasteiger partial charge in [0.2, 0.25) is 0 Å². The minimum absolute atomic E-state index is 0.216. The summed E-state index contributed by atoms with van der Waals surface area (Å²) in [6.07, 6.45) is 0. The predicted octanol–water partition coefficient (Wildman–Crippen LogP) is 3.35. The largest absolute Gasteiger partial charge is 0.494 e. The van der Waals surface area contributed by atoms with Crippen molar-refractivity contribution in [1.29, 1.82) is 5.26 Å². The number of pyridine rings is 1. The van der Waals surface area contributed by atoms with E-state index in [1.807, 2.05) is 31.9 Å². The Balaban J connectivity index is 2.32. The molecule has 0 unspecified atom stereocenters. The zero-order valence-corrected chi connectivity index (χ0v) is 13.1. The highest BCUT2D eigenvalue weighted by molar-refractivity contribution is 5.58. The van der Waals surface area contributed by atoms with Gasteiger partial charge in [-0.2, -0.15) is 5.26 Å². The summed E-state index contributed by atoms with van der Waals surface area (Å²) < 4.78 is 18.7. The average Bonchev–Trinajstić information content (AvgIpc) is 2.46. The number of benzene rings is 1. The third-order valence-electron chi connectivity index (χ3n) is 3.43. The van der Waals surface area contributed by atoms with Gasteiger partial charge in [-0.1, -0.05) is 6.07 Å². The van der Waals surface area contributed by atoms with Crippen LogP contribution < -0.4 is 9.64 Å². The van der Waals surface area contributed by atoms with Gasteiger partial charge in [0, 0.05) is 19.3 Å². The van der Waals surface area contributed by atoms with Crippen LogP contribution in [0.2, 0.25) is 0 Å². The molecule has 2 rings (SSSR count). The molecule has 0 saturated carbocycles. The molecule has 4 nitrogen and oxygen atoms in total. The first-order valence-corrected chi connectivity index (χ1v) is 6.88. The minimum atomic E-state index is -0.401. The standard InChI is InChI=1S/C17H18FN3O/c1-11-7-12(2)20-17(14(11)9-19)21(3)10-13-5-6-16(22-4)15(18)8-13/h5-8H,10H2,1-4H3. The molecule has 5 heteroatoms. The molecule has 1 aromatic heterocycles. The summed E-state index contributed by atoms with van der Waals surface area (Å²) in [6, 6.07) is 8.90. The third-order valence-corrected chi connectivity index (χ3v) is 3.43. The molecule has 0 saturated heterocycles. The Morgan fingerprint density at radius 2 is 2.05 bits per heavy atom. The second-order valence-electron chi connectivity index (χ2n) is 5.22. The van der Waals surface area contributed by atoms with E-state index in [0.717, 1.165) is 16.8 Å². The fraction of sp³-hybridized carbons (Fsp3) is 0.294. The first kappa shape index (κ1) is 15.8. The van der Waals surface area contributed by atoms with E-state index in [1.54, 1.807) is 12.1 Å². The van der Waals surface area contributed by atoms with Crippen LogP contribution in [-0.2, 0) is 6.54 Å². The summed E-state index contributed by atoms with van der Waals surface area (Å²) in [5.41, 5.74) is 3.06. The van der Waals surface area contributed by atoms with E-state index in [4.69, 9.17) is 4.74 Å². The van der Waals surface area contributed by atoms with Gasteiger partial charge in [-0.15, -0.1) is 0 Å². The molecule has 0 atom stereocenters. The van der Waals surface area contributed by atoms with Gasteiger partial charge in [-0.05, 0) is 43.2 Å². The van der Waals surface area contributed by atoms with Gasteiger partial charge >= 0.3 is 0 Å². The third kappa shape index (κ3) is 3.17. The van der Waals surface area contributed by atoms with Gasteiger partial charge in [-0.3, -0.25) is 0 Å². The van der Waals surface area contributed by atoms with E-state index < -0.39 is 5.82 Å². The lowest BCUT2D eigenvalue weighted by molar-refractivity contribution is 0.386. The smallest absolute Gasteiger partial charge is 0.165 e. The van der Waals surface area contributed by atoms with Crippen molar-refractivity contribution in [2.45, 2.75) is 20.4 Å². The van der Waals surface area contributed by atoms with Gasteiger partial charge in [0.15, 0.2) is 11.6 Å². The molecule has 0 radical (unpaired) electrons. The Kier molecular flexibility index (Phi) is 4.62. The maximum atomic E-state index is 13.8. The normalized spacial score (nSPS) is 10.2. The Morgan fingerprint density at radius 3 is 2.64 bits per heavy atom. The molecule has 2 aromatic rings. The van der Waals surface area contributed by atoms with E-state index in [-0.39, 0.29) is 5.75 Å². The Morgan fingerprint density at radius 1 is 1.32 bits per heavy atom. The van der Waals surface area contributed by atoms with E-state index in [1.165, 1.54) is 13.2 Å². The molecular weight excluding hydrogens is 281 g/mol. The summed E-state index contributed by atoms with van der Waals surface area (Å²) in [4.78, 5) is 6.29. The van der Waals surface area contributed by atoms with Crippen LogP contribution in [0.25, 0.3) is 0 Å². The number of aromatic nitrogens is 1. The number of nitriles is 1. The highest BCUT2D eigenvalue weighted by atomic mass is 19.1. The number of aryl methyl sites for hydroxylation is 2. The van der Waals surface area contributed by atoms with Crippen LogP contribution in [0.15, 0.2) is 24.3 Å². The van der Waals surface area contributed by atoms with Crippen molar-refractivity contribution in [3.8, 4) is 11.8 Å². The van der Waals surface area contributed by atoms with Gasteiger partial charge in [0.25, 0.3) is 0 Å². The number of methoxy groups -OCH3 is 1. The SMILES string of the molecule is COc1ccc(CN(C)c2nc(C)cc(C)c2C#N)cc1F. The first-order valence-electron chi connectivity index (χ1n) is 6.88. The van der Waals surface area contributed by atoms with Crippen molar-refractivity contribution in [1.82, 2.24) is 4.98 Å². The molecule has 0 N–H and O–H groups in total. The van der Waals surface area contributed by atoms with Crippen molar-refractivity contribution in [3.63, 3.8) is 0 Å². The van der Waals surface area contributed by atoms with Crippen molar-refractivity contribution in [3.05, 3.63) is 52.5 Å². The van der Waals surface area contributed by atoms with Crippen LogP contribution in [0.1, 0.15) is 22.4 Å². The van der Waals surface area contributed by atoms with Crippen LogP contribution >= 0.6 is 0 Å². The molecule has 0 amide bonds. The van der Waals surface area contributed by atoms with Gasteiger partial charge in [0.05, 0.1) is 12.7 Å². The monoisotopic (exact) mass is 299 g/mol. The van der Waals surface area contributed by atoms with Crippen LogP contribution in [-0.4, -0.2) is 19.1 Å². The molecule has 22 heavy (non-hydrogen) atoms. The van der Waals surface area contributed by atoms with E-state index in [9.17, 15) is 9.65 Å². The van der Waals surface area contributed by atoms with Crippen LogP contribution in [0.4, 0.5) is 10.2 Å². The summed E-state index contributed by atoms with van der Waals surface area (Å²) in [5, 5.41) is 9.32. The Bertz CT molecular complexity index is 737. The molecule has 0 aliphatic carbocycles. The number of hydrogen-bond donors (Lipinski definition) is 0. The maximum absolute atomic E-state index is 13.8. The number of ether oxygens (including phenoxy) is 1. The number of halogens is 1. The van der Waals surface area contributed by atoms with Crippen molar-refractivity contribution < 1.29 is 9.13 Å². The summed E-state index contributed by atoms with van der Waals surface area (Å²) in [7, 11) is 3.27. The molecule has 0 spiro atoms. The topological polar surface area (TPSA) is 49.1 Å². The fourth-order valence-electron chi connectivity index (χ4n) is 2.39. The highest BCUT2D eigenvalue weighted by Crippen LogP contribution is 2.24. The molecule has 0 aliphatic rings. The first-order chi connectivity index (χ1) is 10.5. The lowest BCUT2D eigenvalue weighted by Crippen LogP contribution is -2.20. The molecule has 0 bridgehead atoms. The summed E-state index contributed by atoms with van der Waals surface area (Å²) >= 11 is 0. The second-order valence-corrected chi connectivity index (χ2v) is 5.22. The molecule has 1 heterocycles. The van der Waals surface area contributed by atoms with Crippen LogP contribution in [0.3, 0.4) is 0 Å². The molecule has 0 aliphatic heterocycles. The van der Waals surface area contributed by atoms with E-state index in [0.29, 0.717) is 17.9 Å². The summed E-state index contributed by atoms with van der Waals surface area (Å²) in [5.74, 6) is 0.423. The van der Waals surface area contributed by atoms with Crippen molar-refractivity contribution in [2.75, 3.05) is 19.1 Å². The van der Waals surface area contributed by atoms with Crippen LogP contribution in [0, 0.1) is 31.0 Å². The van der Waals surface area contributed by atoms with Crippen LogP contribution in [0.5, 0.6) is 5.75 Å². The summed E-state index contributed by atoms with van der Waals surface area (Å²) in [6.45, 7) is 4.22. The van der Waals surface area contributed by atoms with E-state index in [2.05, 4.69) is 11.1 Å². The fourth-order valence-corrected chi connectivity index (χ4v) is 2.39. The van der Waals surface area contributed by atoms with Crippen molar-refractivity contribution >= 4 is 5.82 Å². The van der Waals surface area contributed by atoms with Gasteiger partial charge in [0.1, 0.15) is 11.9 Å². The molecule has 114 valence electrons. The Labute approximate surface area is 129 Å². The quantitative estimate of drug-likeness (QED) is 0.868. The average molecular weight is 299 g/mol. The van der Waals surface area contributed by atoms with Gasteiger partial charge < -0.3 is 9.64 Å². The van der Waals surface area contributed by atoms with Gasteiger partial charge in [-0.25, -0.2) is 9.37 Å². The maximum Gasteiger partial charge on any atom is 0.165 e. The molecular formula is C17H18FN3O. The number of nitrogens with zero attached hydrogens (tertiary/aromatic N) is 3. The number of anilines is 1. The van der Waals surface area contributed by atoms with Crippen molar-refractivity contribution in [2.24, 2.45) is 0 Å². The zero-order valence-electron chi connectivity index (χ0n) is 13.1. The lowest BCUT2D eigenvalue weighted by atomic mass is 10.1. The molecule has 1 aromatic carbocycles. The zero-order chi connectivity index (χ0) is 16.3. The predicted molar refractivity (Wildman–Crippen MR) is 83.5 cm³/mol. The lowest BCUT2D eigenvalue weighted by Gasteiger charge is -2.21. The Hall–Kier alpha value is -2.61. The van der Waals surface area contributed by atoms with E-state index >= 15 is 0 Å². The second kappa shape index (κ2) is 6.44.